The maximum atomic E-state index is 12.7. The molecule has 4 heteroatoms. The molecule has 0 spiro atoms. The molecule has 1 heterocycles. The van der Waals surface area contributed by atoms with Crippen LogP contribution in [0.5, 0.6) is 5.75 Å². The smallest absolute Gasteiger partial charge is 0.339 e. The van der Waals surface area contributed by atoms with E-state index in [1.54, 1.807) is 0 Å². The summed E-state index contributed by atoms with van der Waals surface area (Å²) in [5.74, 6) is 1.07. The predicted octanol–water partition coefficient (Wildman–Crippen LogP) is 6.33. The third-order valence-electron chi connectivity index (χ3n) is 5.64. The molecule has 3 nitrogen and oxygen atoms in total. The minimum atomic E-state index is -0.910. The summed E-state index contributed by atoms with van der Waals surface area (Å²) in [5.41, 5.74) is 5.10. The van der Waals surface area contributed by atoms with Gasteiger partial charge in [-0.1, -0.05) is 40.5 Å². The van der Waals surface area contributed by atoms with Gasteiger partial charge in [0.2, 0.25) is 0 Å². The molecule has 1 radical (unpaired) electrons. The average molecular weight is 400 g/mol. The number of fused-ring (bicyclic) bond motifs is 3. The van der Waals surface area contributed by atoms with E-state index in [0.29, 0.717) is 0 Å². The van der Waals surface area contributed by atoms with Crippen LogP contribution in [0, 0.1) is 0 Å². The SMILES string of the molecule is CCCCCc1cc2oc(=O)c3c(c2c(C(C)(C)C)c1O[Si](C)C)CCCC3. The Bertz CT molecular complexity index is 903. The molecule has 153 valence electrons. The van der Waals surface area contributed by atoms with Gasteiger partial charge >= 0.3 is 5.63 Å². The van der Waals surface area contributed by atoms with Crippen LogP contribution in [0.2, 0.25) is 13.1 Å². The van der Waals surface area contributed by atoms with Crippen molar-refractivity contribution in [2.45, 2.75) is 97.6 Å². The van der Waals surface area contributed by atoms with Crippen molar-refractivity contribution in [2.24, 2.45) is 0 Å². The largest absolute Gasteiger partial charge is 0.542 e. The maximum absolute atomic E-state index is 12.7. The van der Waals surface area contributed by atoms with Crippen LogP contribution in [0.25, 0.3) is 11.0 Å². The summed E-state index contributed by atoms with van der Waals surface area (Å²) in [5, 5.41) is 1.15. The van der Waals surface area contributed by atoms with Gasteiger partial charge in [0.05, 0.1) is 0 Å². The van der Waals surface area contributed by atoms with E-state index in [1.165, 1.54) is 29.5 Å². The molecule has 0 aliphatic heterocycles. The maximum Gasteiger partial charge on any atom is 0.339 e. The van der Waals surface area contributed by atoms with Crippen LogP contribution in [0.3, 0.4) is 0 Å². The second-order valence-electron chi connectivity index (χ2n) is 9.38. The molecule has 3 rings (SSSR count). The van der Waals surface area contributed by atoms with Crippen molar-refractivity contribution in [1.82, 2.24) is 0 Å². The molecule has 0 saturated carbocycles. The van der Waals surface area contributed by atoms with Gasteiger partial charge in [-0.3, -0.25) is 0 Å². The molecule has 1 aliphatic carbocycles. The minimum Gasteiger partial charge on any atom is -0.542 e. The Morgan fingerprint density at radius 3 is 2.39 bits per heavy atom. The topological polar surface area (TPSA) is 39.4 Å². The van der Waals surface area contributed by atoms with Gasteiger partial charge in [-0.05, 0) is 74.2 Å². The standard InChI is InChI=1S/C24H35O3Si/c1-7-8-9-12-16-15-19-20(17-13-10-11-14-18(17)23(25)26-19)21(24(2,3)4)22(16)27-28(5)6/h15H,7-14H2,1-6H3. The number of unbranched alkanes of at least 4 members (excludes halogenated alkanes) is 2. The summed E-state index contributed by atoms with van der Waals surface area (Å²) in [6.07, 6.45) is 8.50. The van der Waals surface area contributed by atoms with Crippen LogP contribution in [0.1, 0.15) is 82.1 Å². The zero-order valence-corrected chi connectivity index (χ0v) is 19.5. The lowest BCUT2D eigenvalue weighted by Gasteiger charge is -2.30. The van der Waals surface area contributed by atoms with Gasteiger partial charge in [0, 0.05) is 16.5 Å². The fourth-order valence-corrected chi connectivity index (χ4v) is 5.07. The third kappa shape index (κ3) is 4.22. The van der Waals surface area contributed by atoms with E-state index in [-0.39, 0.29) is 11.0 Å². The summed E-state index contributed by atoms with van der Waals surface area (Å²) in [7, 11) is -0.910. The summed E-state index contributed by atoms with van der Waals surface area (Å²) < 4.78 is 12.4. The Labute approximate surface area is 171 Å². The van der Waals surface area contributed by atoms with Crippen molar-refractivity contribution in [1.29, 1.82) is 0 Å². The molecule has 2 aromatic rings. The first-order valence-corrected chi connectivity index (χ1v) is 13.3. The molecule has 0 fully saturated rings. The molecule has 0 unspecified atom stereocenters. The Balaban J connectivity index is 2.36. The molecule has 1 aromatic carbocycles. The quantitative estimate of drug-likeness (QED) is 0.323. The van der Waals surface area contributed by atoms with Gasteiger partial charge in [0.1, 0.15) is 11.3 Å². The van der Waals surface area contributed by atoms with Gasteiger partial charge in [0.15, 0.2) is 0 Å². The van der Waals surface area contributed by atoms with Crippen LogP contribution in [0.15, 0.2) is 15.3 Å². The van der Waals surface area contributed by atoms with E-state index in [9.17, 15) is 4.79 Å². The molecule has 1 aliphatic rings. The van der Waals surface area contributed by atoms with E-state index in [0.717, 1.165) is 60.8 Å². The highest BCUT2D eigenvalue weighted by Crippen LogP contribution is 2.43. The molecule has 0 atom stereocenters. The molecule has 0 N–H and O–H groups in total. The van der Waals surface area contributed by atoms with Crippen LogP contribution >= 0.6 is 0 Å². The second kappa shape index (κ2) is 8.44. The fourth-order valence-electron chi connectivity index (χ4n) is 4.43. The van der Waals surface area contributed by atoms with Crippen molar-refractivity contribution in [3.8, 4) is 5.75 Å². The lowest BCUT2D eigenvalue weighted by Crippen LogP contribution is -2.23. The van der Waals surface area contributed by atoms with E-state index in [1.807, 2.05) is 0 Å². The first-order chi connectivity index (χ1) is 13.2. The zero-order chi connectivity index (χ0) is 20.5. The van der Waals surface area contributed by atoms with Crippen molar-refractivity contribution in [3.05, 3.63) is 38.7 Å². The molecule has 1 aromatic heterocycles. The van der Waals surface area contributed by atoms with Crippen molar-refractivity contribution in [3.63, 3.8) is 0 Å². The van der Waals surface area contributed by atoms with Crippen LogP contribution in [-0.4, -0.2) is 9.04 Å². The molecular weight excluding hydrogens is 364 g/mol. The van der Waals surface area contributed by atoms with Crippen molar-refractivity contribution in [2.75, 3.05) is 0 Å². The molecule has 0 bridgehead atoms. The first-order valence-electron chi connectivity index (χ1n) is 10.9. The van der Waals surface area contributed by atoms with Crippen LogP contribution in [0.4, 0.5) is 0 Å². The number of benzene rings is 1. The second-order valence-corrected chi connectivity index (χ2v) is 11.4. The van der Waals surface area contributed by atoms with Crippen LogP contribution < -0.4 is 10.1 Å². The highest BCUT2D eigenvalue weighted by atomic mass is 28.3. The zero-order valence-electron chi connectivity index (χ0n) is 18.5. The number of aryl methyl sites for hydroxylation is 2. The van der Waals surface area contributed by atoms with Gasteiger partial charge < -0.3 is 8.84 Å². The lowest BCUT2D eigenvalue weighted by atomic mass is 9.78. The van der Waals surface area contributed by atoms with Gasteiger partial charge in [-0.15, -0.1) is 0 Å². The lowest BCUT2D eigenvalue weighted by molar-refractivity contribution is 0.504. The number of rotatable bonds is 6. The van der Waals surface area contributed by atoms with Gasteiger partial charge in [-0.2, -0.15) is 0 Å². The summed E-state index contributed by atoms with van der Waals surface area (Å²) in [6.45, 7) is 13.4. The Kier molecular flexibility index (Phi) is 6.38. The highest BCUT2D eigenvalue weighted by molar-refractivity contribution is 6.49. The molecule has 0 amide bonds. The Hall–Kier alpha value is -1.55. The number of hydrogen-bond donors (Lipinski definition) is 0. The summed E-state index contributed by atoms with van der Waals surface area (Å²) in [6, 6.07) is 2.11. The molecule has 28 heavy (non-hydrogen) atoms. The van der Waals surface area contributed by atoms with E-state index in [2.05, 4.69) is 46.9 Å². The van der Waals surface area contributed by atoms with Crippen LogP contribution in [-0.2, 0) is 24.7 Å². The van der Waals surface area contributed by atoms with Gasteiger partial charge in [-0.25, -0.2) is 4.79 Å². The average Bonchev–Trinajstić information content (AvgIpc) is 2.61. The predicted molar refractivity (Wildman–Crippen MR) is 119 cm³/mol. The van der Waals surface area contributed by atoms with E-state index < -0.39 is 9.04 Å². The highest BCUT2D eigenvalue weighted by Gasteiger charge is 2.30. The monoisotopic (exact) mass is 399 g/mol. The van der Waals surface area contributed by atoms with E-state index in [4.69, 9.17) is 8.84 Å². The van der Waals surface area contributed by atoms with Crippen molar-refractivity contribution >= 4 is 20.0 Å². The molecule has 0 saturated heterocycles. The molecular formula is C24H35O3Si. The fraction of sp³-hybridized carbons (Fsp3) is 0.625. The van der Waals surface area contributed by atoms with Gasteiger partial charge in [0.25, 0.3) is 9.04 Å². The summed E-state index contributed by atoms with van der Waals surface area (Å²) >= 11 is 0. The number of hydrogen-bond acceptors (Lipinski definition) is 3. The van der Waals surface area contributed by atoms with Crippen molar-refractivity contribution < 1.29 is 8.84 Å². The third-order valence-corrected chi connectivity index (χ3v) is 6.26. The minimum absolute atomic E-state index is 0.0865. The Morgan fingerprint density at radius 2 is 1.79 bits per heavy atom. The summed E-state index contributed by atoms with van der Waals surface area (Å²) in [4.78, 5) is 12.7. The normalized spacial score (nSPS) is 14.5. The Morgan fingerprint density at radius 1 is 1.11 bits per heavy atom. The first kappa shape index (κ1) is 21.2. The van der Waals surface area contributed by atoms with E-state index >= 15 is 0 Å².